The smallest absolute Gasteiger partial charge is 0.315 e. The molecule has 6 heteroatoms. The van der Waals surface area contributed by atoms with E-state index in [1.165, 1.54) is 12.1 Å². The third-order valence-electron chi connectivity index (χ3n) is 4.38. The summed E-state index contributed by atoms with van der Waals surface area (Å²) < 4.78 is 38.4. The fourth-order valence-corrected chi connectivity index (χ4v) is 4.91. The summed E-state index contributed by atoms with van der Waals surface area (Å²) in [6.45, 7) is 0.596. The maximum atomic E-state index is 12.8. The molecule has 2 heterocycles. The van der Waals surface area contributed by atoms with Crippen molar-refractivity contribution in [2.45, 2.75) is 11.0 Å². The van der Waals surface area contributed by atoms with Crippen molar-refractivity contribution >= 4 is 17.7 Å². The van der Waals surface area contributed by atoms with Gasteiger partial charge in [0.05, 0.1) is 5.56 Å². The summed E-state index contributed by atoms with van der Waals surface area (Å²) in [7, 11) is 0. The van der Waals surface area contributed by atoms with Crippen molar-refractivity contribution in [3.63, 3.8) is 0 Å². The minimum atomic E-state index is -4.36. The van der Waals surface area contributed by atoms with E-state index in [0.29, 0.717) is 17.7 Å². The van der Waals surface area contributed by atoms with Crippen molar-refractivity contribution in [3.05, 3.63) is 70.8 Å². The number of fused-ring (bicyclic) bond motifs is 3. The Bertz CT molecular complexity index is 787. The average Bonchev–Trinajstić information content (AvgIpc) is 3.07. The van der Waals surface area contributed by atoms with Gasteiger partial charge >= 0.3 is 6.18 Å². The number of hydrogen-bond donors (Lipinski definition) is 0. The van der Waals surface area contributed by atoms with E-state index in [9.17, 15) is 18.0 Å². The van der Waals surface area contributed by atoms with Crippen LogP contribution in [0.1, 0.15) is 27.0 Å². The van der Waals surface area contributed by atoms with Crippen LogP contribution in [0.5, 0.6) is 0 Å². The van der Waals surface area contributed by atoms with Gasteiger partial charge in [0.15, 0.2) is 0 Å². The number of amides is 1. The molecule has 0 saturated carbocycles. The molecular formula is C17H12F3NOS. The number of halogens is 3. The SMILES string of the molecule is O=C1c2ccccc2[C@@]2(c3ccc(C(F)(F)F)cc3)SCCN12. The Hall–Kier alpha value is -1.95. The number of nitrogens with zero attached hydrogens (tertiary/aromatic N) is 1. The van der Waals surface area contributed by atoms with Crippen LogP contribution in [0.25, 0.3) is 0 Å². The highest BCUT2D eigenvalue weighted by Crippen LogP contribution is 2.55. The zero-order valence-corrected chi connectivity index (χ0v) is 12.7. The van der Waals surface area contributed by atoms with Crippen LogP contribution in [0.15, 0.2) is 48.5 Å². The van der Waals surface area contributed by atoms with Gasteiger partial charge in [0.25, 0.3) is 5.91 Å². The van der Waals surface area contributed by atoms with E-state index < -0.39 is 16.6 Å². The Morgan fingerprint density at radius 2 is 1.74 bits per heavy atom. The number of hydrogen-bond acceptors (Lipinski definition) is 2. The van der Waals surface area contributed by atoms with Crippen molar-refractivity contribution in [1.29, 1.82) is 0 Å². The molecule has 0 aliphatic carbocycles. The molecule has 2 aliphatic rings. The second kappa shape index (κ2) is 4.77. The van der Waals surface area contributed by atoms with Crippen LogP contribution >= 0.6 is 11.8 Å². The Morgan fingerprint density at radius 1 is 1.04 bits per heavy atom. The lowest BCUT2D eigenvalue weighted by Crippen LogP contribution is -2.37. The fraction of sp³-hybridized carbons (Fsp3) is 0.235. The van der Waals surface area contributed by atoms with Gasteiger partial charge in [0.1, 0.15) is 4.87 Å². The van der Waals surface area contributed by atoms with E-state index in [2.05, 4.69) is 0 Å². The van der Waals surface area contributed by atoms with Gasteiger partial charge in [-0.3, -0.25) is 4.79 Å². The minimum Gasteiger partial charge on any atom is -0.315 e. The Labute approximate surface area is 135 Å². The molecule has 4 rings (SSSR count). The highest BCUT2D eigenvalue weighted by Gasteiger charge is 2.54. The first-order valence-electron chi connectivity index (χ1n) is 7.18. The van der Waals surface area contributed by atoms with Crippen molar-refractivity contribution in [1.82, 2.24) is 4.90 Å². The molecule has 0 aromatic heterocycles. The average molecular weight is 335 g/mol. The highest BCUT2D eigenvalue weighted by molar-refractivity contribution is 8.00. The van der Waals surface area contributed by atoms with Gasteiger partial charge in [-0.1, -0.05) is 30.3 Å². The molecule has 1 fully saturated rings. The third kappa shape index (κ3) is 1.94. The van der Waals surface area contributed by atoms with Gasteiger partial charge in [-0.2, -0.15) is 13.2 Å². The summed E-state index contributed by atoms with van der Waals surface area (Å²) in [4.78, 5) is 13.7. The lowest BCUT2D eigenvalue weighted by Gasteiger charge is -2.32. The second-order valence-corrected chi connectivity index (χ2v) is 6.86. The summed E-state index contributed by atoms with van der Waals surface area (Å²) in [5, 5.41) is 0. The summed E-state index contributed by atoms with van der Waals surface area (Å²) in [5.41, 5.74) is 1.54. The Kier molecular flexibility index (Phi) is 3.04. The highest BCUT2D eigenvalue weighted by atomic mass is 32.2. The number of carbonyl (C=O) groups excluding carboxylic acids is 1. The van der Waals surface area contributed by atoms with Gasteiger partial charge in [0.2, 0.25) is 0 Å². The quantitative estimate of drug-likeness (QED) is 0.782. The molecule has 0 spiro atoms. The van der Waals surface area contributed by atoms with Crippen molar-refractivity contribution in [3.8, 4) is 0 Å². The van der Waals surface area contributed by atoms with E-state index in [1.54, 1.807) is 22.7 Å². The lowest BCUT2D eigenvalue weighted by molar-refractivity contribution is -0.137. The Balaban J connectivity index is 1.88. The molecule has 1 atom stereocenters. The number of benzene rings is 2. The van der Waals surface area contributed by atoms with Crippen LogP contribution in [0.3, 0.4) is 0 Å². The van der Waals surface area contributed by atoms with Crippen LogP contribution in [0.4, 0.5) is 13.2 Å². The molecule has 23 heavy (non-hydrogen) atoms. The standard InChI is InChI=1S/C17H12F3NOS/c18-17(19,20)12-7-5-11(6-8-12)16-14-4-2-1-3-13(14)15(22)21(16)9-10-23-16/h1-8H,9-10H2/t16-/m1/s1. The molecule has 1 saturated heterocycles. The zero-order valence-electron chi connectivity index (χ0n) is 11.9. The van der Waals surface area contributed by atoms with E-state index in [1.807, 2.05) is 18.2 Å². The normalized spacial score (nSPS) is 23.1. The van der Waals surface area contributed by atoms with Crippen molar-refractivity contribution in [2.24, 2.45) is 0 Å². The lowest BCUT2D eigenvalue weighted by atomic mass is 9.96. The number of thioether (sulfide) groups is 1. The second-order valence-electron chi connectivity index (χ2n) is 5.57. The summed E-state index contributed by atoms with van der Waals surface area (Å²) >= 11 is 1.60. The molecule has 2 aliphatic heterocycles. The summed E-state index contributed by atoms with van der Waals surface area (Å²) in [6, 6.07) is 12.5. The molecule has 2 aromatic rings. The summed E-state index contributed by atoms with van der Waals surface area (Å²) in [5.74, 6) is 0.715. The van der Waals surface area contributed by atoms with Crippen LogP contribution in [0, 0.1) is 0 Å². The maximum absolute atomic E-state index is 12.8. The van der Waals surface area contributed by atoms with Crippen LogP contribution < -0.4 is 0 Å². The minimum absolute atomic E-state index is 0.0505. The largest absolute Gasteiger partial charge is 0.416 e. The van der Waals surface area contributed by atoms with Crippen LogP contribution in [-0.2, 0) is 11.0 Å². The van der Waals surface area contributed by atoms with Crippen molar-refractivity contribution in [2.75, 3.05) is 12.3 Å². The first-order valence-corrected chi connectivity index (χ1v) is 8.16. The van der Waals surface area contributed by atoms with Gasteiger partial charge < -0.3 is 4.90 Å². The number of carbonyl (C=O) groups is 1. The van der Waals surface area contributed by atoms with Crippen LogP contribution in [-0.4, -0.2) is 23.1 Å². The van der Waals surface area contributed by atoms with Gasteiger partial charge in [-0.25, -0.2) is 0 Å². The molecular weight excluding hydrogens is 323 g/mol. The molecule has 1 amide bonds. The molecule has 0 radical (unpaired) electrons. The molecule has 0 bridgehead atoms. The van der Waals surface area contributed by atoms with E-state index in [-0.39, 0.29) is 5.91 Å². The maximum Gasteiger partial charge on any atom is 0.416 e. The first kappa shape index (κ1) is 14.6. The fourth-order valence-electron chi connectivity index (χ4n) is 3.38. The topological polar surface area (TPSA) is 20.3 Å². The van der Waals surface area contributed by atoms with Gasteiger partial charge in [0, 0.05) is 23.4 Å². The van der Waals surface area contributed by atoms with Crippen LogP contribution in [0.2, 0.25) is 0 Å². The molecule has 0 N–H and O–H groups in total. The molecule has 0 unspecified atom stereocenters. The Morgan fingerprint density at radius 3 is 2.43 bits per heavy atom. The zero-order chi connectivity index (χ0) is 16.2. The van der Waals surface area contributed by atoms with Gasteiger partial charge in [-0.15, -0.1) is 11.8 Å². The first-order chi connectivity index (χ1) is 10.9. The predicted octanol–water partition coefficient (Wildman–Crippen LogP) is 4.11. The molecule has 118 valence electrons. The van der Waals surface area contributed by atoms with Crippen molar-refractivity contribution < 1.29 is 18.0 Å². The number of alkyl halides is 3. The van der Waals surface area contributed by atoms with E-state index >= 15 is 0 Å². The van der Waals surface area contributed by atoms with Gasteiger partial charge in [-0.05, 0) is 23.8 Å². The molecule has 2 nitrogen and oxygen atoms in total. The predicted molar refractivity (Wildman–Crippen MR) is 82.2 cm³/mol. The number of rotatable bonds is 1. The summed E-state index contributed by atoms with van der Waals surface area (Å²) in [6.07, 6.45) is -4.36. The van der Waals surface area contributed by atoms with E-state index in [0.717, 1.165) is 23.4 Å². The van der Waals surface area contributed by atoms with E-state index in [4.69, 9.17) is 0 Å². The third-order valence-corrected chi connectivity index (χ3v) is 5.86. The molecule has 2 aromatic carbocycles. The monoisotopic (exact) mass is 335 g/mol.